The van der Waals surface area contributed by atoms with Crippen molar-refractivity contribution in [1.29, 1.82) is 0 Å². The van der Waals surface area contributed by atoms with Gasteiger partial charge in [0, 0.05) is 29.7 Å². The summed E-state index contributed by atoms with van der Waals surface area (Å²) in [5.41, 5.74) is 5.85. The summed E-state index contributed by atoms with van der Waals surface area (Å²) in [5, 5.41) is 0.956. The van der Waals surface area contributed by atoms with E-state index in [0.29, 0.717) is 0 Å². The van der Waals surface area contributed by atoms with Crippen molar-refractivity contribution in [2.24, 2.45) is 0 Å². The Morgan fingerprint density at radius 2 is 1.72 bits per heavy atom. The zero-order chi connectivity index (χ0) is 19.2. The van der Waals surface area contributed by atoms with Gasteiger partial charge in [0.15, 0.2) is 5.82 Å². The number of thiazole rings is 1. The summed E-state index contributed by atoms with van der Waals surface area (Å²) in [7, 11) is 0. The smallest absolute Gasteiger partial charge is 0.155 e. The fourth-order valence-electron chi connectivity index (χ4n) is 3.38. The number of aromatic amines is 2. The average Bonchev–Trinajstić information content (AvgIpc) is 3.52. The van der Waals surface area contributed by atoms with E-state index in [1.54, 1.807) is 29.9 Å². The maximum absolute atomic E-state index is 4.81. The van der Waals surface area contributed by atoms with Crippen LogP contribution < -0.4 is 0 Å². The van der Waals surface area contributed by atoms with Crippen molar-refractivity contribution >= 4 is 32.6 Å². The number of rotatable bonds is 3. The molecule has 0 aliphatic heterocycles. The van der Waals surface area contributed by atoms with E-state index in [1.807, 2.05) is 42.5 Å². The lowest BCUT2D eigenvalue weighted by Gasteiger charge is -1.99. The molecule has 0 aliphatic carbocycles. The molecule has 29 heavy (non-hydrogen) atoms. The van der Waals surface area contributed by atoms with E-state index in [9.17, 15) is 0 Å². The van der Waals surface area contributed by atoms with Gasteiger partial charge in [0.1, 0.15) is 16.5 Å². The van der Waals surface area contributed by atoms with E-state index in [1.165, 1.54) is 0 Å². The number of imidazole rings is 2. The highest BCUT2D eigenvalue weighted by atomic mass is 32.1. The maximum Gasteiger partial charge on any atom is 0.155 e. The van der Waals surface area contributed by atoms with E-state index in [-0.39, 0.29) is 0 Å². The SMILES string of the molecule is c1ccc2[nH]c(-c3ccc4nc(-c5ccnc(-c6ncc[nH]6)c5)sc4c3)nc2c1. The van der Waals surface area contributed by atoms with Crippen LogP contribution in [0.4, 0.5) is 0 Å². The van der Waals surface area contributed by atoms with E-state index in [2.05, 4.69) is 32.1 Å². The minimum absolute atomic E-state index is 0.750. The van der Waals surface area contributed by atoms with Crippen molar-refractivity contribution < 1.29 is 0 Å². The number of para-hydroxylation sites is 2. The molecule has 6 rings (SSSR count). The van der Waals surface area contributed by atoms with Gasteiger partial charge in [0.25, 0.3) is 0 Å². The first kappa shape index (κ1) is 16.1. The Morgan fingerprint density at radius 1 is 0.759 bits per heavy atom. The third-order valence-corrected chi connectivity index (χ3v) is 5.87. The maximum atomic E-state index is 4.81. The van der Waals surface area contributed by atoms with Gasteiger partial charge in [0.05, 0.1) is 21.3 Å². The van der Waals surface area contributed by atoms with E-state index >= 15 is 0 Å². The summed E-state index contributed by atoms with van der Waals surface area (Å²) in [6, 6.07) is 18.3. The highest BCUT2D eigenvalue weighted by Gasteiger charge is 2.11. The van der Waals surface area contributed by atoms with Crippen LogP contribution in [0.5, 0.6) is 0 Å². The molecule has 0 spiro atoms. The Morgan fingerprint density at radius 3 is 2.62 bits per heavy atom. The number of pyridine rings is 1. The highest BCUT2D eigenvalue weighted by molar-refractivity contribution is 7.21. The molecule has 2 N–H and O–H groups in total. The molecule has 2 aromatic carbocycles. The first-order valence-electron chi connectivity index (χ1n) is 9.15. The number of aromatic nitrogens is 6. The third kappa shape index (κ3) is 2.79. The van der Waals surface area contributed by atoms with Crippen LogP contribution in [0.25, 0.3) is 54.7 Å². The lowest BCUT2D eigenvalue weighted by Crippen LogP contribution is -1.86. The van der Waals surface area contributed by atoms with Gasteiger partial charge in [-0.05, 0) is 42.5 Å². The van der Waals surface area contributed by atoms with E-state index < -0.39 is 0 Å². The molecule has 7 heteroatoms. The standard InChI is InChI=1S/C22H14N6S/c1-2-4-16-15(3-1)26-20(27-16)13-5-6-17-19(12-13)29-22(28-17)14-7-8-23-18(11-14)21-24-9-10-25-21/h1-12H,(H,24,25)(H,26,27). The zero-order valence-corrected chi connectivity index (χ0v) is 15.9. The second kappa shape index (κ2) is 6.35. The molecule has 6 nitrogen and oxygen atoms in total. The van der Waals surface area contributed by atoms with Crippen LogP contribution in [0.1, 0.15) is 0 Å². The molecule has 0 fully saturated rings. The summed E-state index contributed by atoms with van der Waals surface area (Å²) in [6.07, 6.45) is 5.31. The molecule has 0 bridgehead atoms. The van der Waals surface area contributed by atoms with Crippen LogP contribution in [0.2, 0.25) is 0 Å². The highest BCUT2D eigenvalue weighted by Crippen LogP contribution is 2.33. The lowest BCUT2D eigenvalue weighted by atomic mass is 10.2. The molecule has 4 aromatic heterocycles. The molecule has 0 atom stereocenters. The molecule has 6 aromatic rings. The Hall–Kier alpha value is -3.84. The number of benzene rings is 2. The largest absolute Gasteiger partial charge is 0.343 e. The number of hydrogen-bond donors (Lipinski definition) is 2. The molecule has 138 valence electrons. The monoisotopic (exact) mass is 394 g/mol. The van der Waals surface area contributed by atoms with Crippen molar-refractivity contribution in [3.63, 3.8) is 0 Å². The predicted octanol–water partition coefficient (Wildman–Crippen LogP) is 5.29. The predicted molar refractivity (Wildman–Crippen MR) is 116 cm³/mol. The molecule has 0 saturated heterocycles. The molecule has 0 amide bonds. The summed E-state index contributed by atoms with van der Waals surface area (Å²) in [4.78, 5) is 24.7. The quantitative estimate of drug-likeness (QED) is 0.427. The Balaban J connectivity index is 1.42. The number of hydrogen-bond acceptors (Lipinski definition) is 5. The summed E-state index contributed by atoms with van der Waals surface area (Å²) in [5.74, 6) is 1.62. The summed E-state index contributed by atoms with van der Waals surface area (Å²) in [6.45, 7) is 0. The molecule has 0 saturated carbocycles. The first-order chi connectivity index (χ1) is 14.3. The van der Waals surface area contributed by atoms with Crippen LogP contribution in [-0.4, -0.2) is 29.9 Å². The van der Waals surface area contributed by atoms with Crippen molar-refractivity contribution in [3.8, 4) is 33.5 Å². The molecule has 0 unspecified atom stereocenters. The van der Waals surface area contributed by atoms with Crippen LogP contribution in [0.3, 0.4) is 0 Å². The van der Waals surface area contributed by atoms with Crippen molar-refractivity contribution in [2.45, 2.75) is 0 Å². The minimum Gasteiger partial charge on any atom is -0.343 e. The fourth-order valence-corrected chi connectivity index (χ4v) is 4.38. The van der Waals surface area contributed by atoms with Crippen molar-refractivity contribution in [2.75, 3.05) is 0 Å². The van der Waals surface area contributed by atoms with E-state index in [4.69, 9.17) is 9.97 Å². The van der Waals surface area contributed by atoms with Crippen molar-refractivity contribution in [3.05, 3.63) is 73.2 Å². The Kier molecular flexibility index (Phi) is 3.54. The number of H-pyrrole nitrogens is 2. The Bertz CT molecular complexity index is 1430. The topological polar surface area (TPSA) is 83.1 Å². The average molecular weight is 394 g/mol. The molecule has 0 radical (unpaired) electrons. The van der Waals surface area contributed by atoms with Gasteiger partial charge in [-0.3, -0.25) is 4.98 Å². The normalized spacial score (nSPS) is 11.4. The lowest BCUT2D eigenvalue weighted by molar-refractivity contribution is 1.22. The number of fused-ring (bicyclic) bond motifs is 2. The third-order valence-electron chi connectivity index (χ3n) is 4.80. The zero-order valence-electron chi connectivity index (χ0n) is 15.1. The van der Waals surface area contributed by atoms with Crippen LogP contribution >= 0.6 is 11.3 Å². The Labute approximate surface area is 169 Å². The van der Waals surface area contributed by atoms with Crippen LogP contribution in [0.15, 0.2) is 73.2 Å². The molecule has 0 aliphatic rings. The second-order valence-electron chi connectivity index (χ2n) is 6.67. The van der Waals surface area contributed by atoms with Gasteiger partial charge in [-0.25, -0.2) is 15.0 Å². The molecular weight excluding hydrogens is 380 g/mol. The van der Waals surface area contributed by atoms with Gasteiger partial charge >= 0.3 is 0 Å². The molecular formula is C22H14N6S. The van der Waals surface area contributed by atoms with Gasteiger partial charge in [-0.15, -0.1) is 11.3 Å². The summed E-state index contributed by atoms with van der Waals surface area (Å²) < 4.78 is 1.12. The fraction of sp³-hybridized carbons (Fsp3) is 0. The van der Waals surface area contributed by atoms with E-state index in [0.717, 1.165) is 54.7 Å². The molecule has 4 heterocycles. The van der Waals surface area contributed by atoms with Crippen LogP contribution in [-0.2, 0) is 0 Å². The first-order valence-corrected chi connectivity index (χ1v) is 9.97. The van der Waals surface area contributed by atoms with Gasteiger partial charge in [-0.1, -0.05) is 12.1 Å². The number of nitrogens with one attached hydrogen (secondary N) is 2. The number of nitrogens with zero attached hydrogens (tertiary/aromatic N) is 4. The summed E-state index contributed by atoms with van der Waals surface area (Å²) >= 11 is 1.66. The van der Waals surface area contributed by atoms with Crippen LogP contribution in [0, 0.1) is 0 Å². The van der Waals surface area contributed by atoms with Gasteiger partial charge in [0.2, 0.25) is 0 Å². The second-order valence-corrected chi connectivity index (χ2v) is 7.70. The van der Waals surface area contributed by atoms with Crippen molar-refractivity contribution in [1.82, 2.24) is 29.9 Å². The van der Waals surface area contributed by atoms with Gasteiger partial charge < -0.3 is 9.97 Å². The minimum atomic E-state index is 0.750. The van der Waals surface area contributed by atoms with Gasteiger partial charge in [-0.2, -0.15) is 0 Å².